The Labute approximate surface area is 119 Å². The van der Waals surface area contributed by atoms with Gasteiger partial charge in [-0.3, -0.25) is 0 Å². The fraction of sp³-hybridized carbons (Fsp3) is 0.471. The lowest BCUT2D eigenvalue weighted by molar-refractivity contribution is 0.0675. The molecule has 5 rings (SSSR count). The predicted molar refractivity (Wildman–Crippen MR) is 79.5 cm³/mol. The Kier molecular flexibility index (Phi) is 2.88. The van der Waals surface area contributed by atoms with Crippen LogP contribution in [0.1, 0.15) is 18.4 Å². The average molecular weight is 268 g/mol. The van der Waals surface area contributed by atoms with Gasteiger partial charge in [0.05, 0.1) is 6.20 Å². The number of hydrogen-bond donors (Lipinski definition) is 0. The van der Waals surface area contributed by atoms with Gasteiger partial charge in [0.25, 0.3) is 0 Å². The molecule has 0 N–H and O–H groups in total. The molecule has 0 aliphatic carbocycles. The van der Waals surface area contributed by atoms with Crippen LogP contribution < -0.4 is 0 Å². The van der Waals surface area contributed by atoms with Crippen molar-refractivity contribution in [3.05, 3.63) is 42.1 Å². The first-order chi connectivity index (χ1) is 9.79. The summed E-state index contributed by atoms with van der Waals surface area (Å²) in [5, 5.41) is 4.91. The number of fused-ring (bicyclic) bond motifs is 4. The lowest BCUT2D eigenvalue weighted by atomic mass is 9.74. The van der Waals surface area contributed by atoms with Gasteiger partial charge in [-0.15, -0.1) is 0 Å². The Balaban J connectivity index is 1.51. The monoisotopic (exact) mass is 268 g/mol. The van der Waals surface area contributed by atoms with Gasteiger partial charge in [-0.2, -0.15) is 0 Å². The first-order valence-electron chi connectivity index (χ1n) is 7.53. The Morgan fingerprint density at radius 1 is 1.35 bits per heavy atom. The van der Waals surface area contributed by atoms with E-state index in [1.165, 1.54) is 43.6 Å². The second-order valence-corrected chi connectivity index (χ2v) is 6.28. The Hall–Kier alpha value is -1.61. The minimum absolute atomic E-state index is 0.683. The minimum Gasteiger partial charge on any atom is -0.356 e. The van der Waals surface area contributed by atoms with E-state index >= 15 is 0 Å². The van der Waals surface area contributed by atoms with Crippen LogP contribution in [0, 0.1) is 11.8 Å². The van der Waals surface area contributed by atoms with Gasteiger partial charge in [-0.25, -0.2) is 0 Å². The third-order valence-electron chi connectivity index (χ3n) is 5.03. The highest BCUT2D eigenvalue weighted by Gasteiger charge is 2.35. The van der Waals surface area contributed by atoms with Crippen molar-refractivity contribution >= 4 is 11.0 Å². The molecule has 1 aromatic carbocycles. The number of rotatable bonds is 3. The summed E-state index contributed by atoms with van der Waals surface area (Å²) in [5.41, 5.74) is 3.55. The molecule has 3 saturated heterocycles. The SMILES string of the molecule is C=C(Cc1ccc2cnoc2c1)C1CN2CCC1CC2. The van der Waals surface area contributed by atoms with Crippen molar-refractivity contribution in [3.63, 3.8) is 0 Å². The molecule has 3 nitrogen and oxygen atoms in total. The van der Waals surface area contributed by atoms with Crippen molar-refractivity contribution in [1.29, 1.82) is 0 Å². The summed E-state index contributed by atoms with van der Waals surface area (Å²) in [5.74, 6) is 1.55. The second kappa shape index (κ2) is 4.74. The van der Waals surface area contributed by atoms with Gasteiger partial charge in [0, 0.05) is 11.9 Å². The summed E-state index contributed by atoms with van der Waals surface area (Å²) in [4.78, 5) is 2.59. The highest BCUT2D eigenvalue weighted by molar-refractivity contribution is 5.76. The van der Waals surface area contributed by atoms with E-state index in [9.17, 15) is 0 Å². The molecule has 4 heterocycles. The molecule has 20 heavy (non-hydrogen) atoms. The summed E-state index contributed by atoms with van der Waals surface area (Å²) >= 11 is 0. The van der Waals surface area contributed by atoms with Gasteiger partial charge < -0.3 is 9.42 Å². The van der Waals surface area contributed by atoms with Crippen molar-refractivity contribution in [2.45, 2.75) is 19.3 Å². The van der Waals surface area contributed by atoms with E-state index < -0.39 is 0 Å². The maximum Gasteiger partial charge on any atom is 0.167 e. The molecule has 0 amide bonds. The van der Waals surface area contributed by atoms with Gasteiger partial charge in [0.1, 0.15) is 0 Å². The number of hydrogen-bond acceptors (Lipinski definition) is 3. The maximum absolute atomic E-state index is 5.25. The fourth-order valence-electron chi connectivity index (χ4n) is 3.84. The van der Waals surface area contributed by atoms with Crippen LogP contribution in [0.4, 0.5) is 0 Å². The quantitative estimate of drug-likeness (QED) is 0.800. The summed E-state index contributed by atoms with van der Waals surface area (Å²) in [6.45, 7) is 8.18. The zero-order valence-electron chi connectivity index (χ0n) is 11.7. The van der Waals surface area contributed by atoms with Crippen molar-refractivity contribution < 1.29 is 4.52 Å². The summed E-state index contributed by atoms with van der Waals surface area (Å²) in [6.07, 6.45) is 5.43. The van der Waals surface area contributed by atoms with Crippen LogP contribution in [0.15, 0.2) is 41.1 Å². The minimum atomic E-state index is 0.683. The molecule has 3 aliphatic rings. The van der Waals surface area contributed by atoms with E-state index in [4.69, 9.17) is 4.52 Å². The number of piperidine rings is 3. The molecule has 3 fully saturated rings. The largest absolute Gasteiger partial charge is 0.356 e. The fourth-order valence-corrected chi connectivity index (χ4v) is 3.84. The van der Waals surface area contributed by atoms with E-state index in [1.807, 2.05) is 0 Å². The normalized spacial score (nSPS) is 28.9. The topological polar surface area (TPSA) is 29.3 Å². The average Bonchev–Trinajstić information content (AvgIpc) is 2.96. The molecule has 0 radical (unpaired) electrons. The molecule has 2 aromatic rings. The molecular weight excluding hydrogens is 248 g/mol. The van der Waals surface area contributed by atoms with E-state index in [2.05, 4.69) is 34.8 Å². The van der Waals surface area contributed by atoms with E-state index in [0.29, 0.717) is 5.92 Å². The Bertz CT molecular complexity index is 637. The lowest BCUT2D eigenvalue weighted by Crippen LogP contribution is -2.48. The summed E-state index contributed by atoms with van der Waals surface area (Å²) in [7, 11) is 0. The molecule has 1 atom stereocenters. The molecule has 1 unspecified atom stereocenters. The molecule has 104 valence electrons. The van der Waals surface area contributed by atoms with Crippen molar-refractivity contribution in [2.24, 2.45) is 11.8 Å². The van der Waals surface area contributed by atoms with Crippen molar-refractivity contribution in [3.8, 4) is 0 Å². The van der Waals surface area contributed by atoms with E-state index in [0.717, 1.165) is 23.3 Å². The van der Waals surface area contributed by atoms with Gasteiger partial charge in [-0.05, 0) is 61.9 Å². The van der Waals surface area contributed by atoms with Gasteiger partial charge >= 0.3 is 0 Å². The zero-order chi connectivity index (χ0) is 13.5. The molecular formula is C17H20N2O. The predicted octanol–water partition coefficient (Wildman–Crippen LogP) is 3.27. The highest BCUT2D eigenvalue weighted by Crippen LogP contribution is 2.37. The van der Waals surface area contributed by atoms with Gasteiger partial charge in [0.2, 0.25) is 0 Å². The zero-order valence-corrected chi connectivity index (χ0v) is 11.7. The highest BCUT2D eigenvalue weighted by atomic mass is 16.5. The third-order valence-corrected chi connectivity index (χ3v) is 5.03. The first kappa shape index (κ1) is 12.2. The van der Waals surface area contributed by atoms with Crippen molar-refractivity contribution in [1.82, 2.24) is 10.1 Å². The summed E-state index contributed by atoms with van der Waals surface area (Å²) < 4.78 is 5.25. The van der Waals surface area contributed by atoms with Crippen LogP contribution in [0.25, 0.3) is 11.0 Å². The molecule has 3 aliphatic heterocycles. The van der Waals surface area contributed by atoms with Crippen LogP contribution in [0.5, 0.6) is 0 Å². The van der Waals surface area contributed by atoms with E-state index in [-0.39, 0.29) is 0 Å². The molecule has 0 saturated carbocycles. The molecule has 1 aromatic heterocycles. The maximum atomic E-state index is 5.25. The van der Waals surface area contributed by atoms with E-state index in [1.54, 1.807) is 6.20 Å². The lowest BCUT2D eigenvalue weighted by Gasteiger charge is -2.45. The number of nitrogens with zero attached hydrogens (tertiary/aromatic N) is 2. The third kappa shape index (κ3) is 2.06. The first-order valence-corrected chi connectivity index (χ1v) is 7.53. The Morgan fingerprint density at radius 2 is 2.20 bits per heavy atom. The van der Waals surface area contributed by atoms with Crippen LogP contribution >= 0.6 is 0 Å². The smallest absolute Gasteiger partial charge is 0.167 e. The van der Waals surface area contributed by atoms with Crippen LogP contribution in [0.3, 0.4) is 0 Å². The van der Waals surface area contributed by atoms with Crippen LogP contribution in [-0.4, -0.2) is 29.7 Å². The second-order valence-electron chi connectivity index (χ2n) is 6.28. The van der Waals surface area contributed by atoms with Gasteiger partial charge in [-0.1, -0.05) is 23.4 Å². The number of aromatic nitrogens is 1. The van der Waals surface area contributed by atoms with Gasteiger partial charge in [0.15, 0.2) is 5.58 Å². The standard InChI is InChI=1S/C17H20N2O/c1-12(16-11-19-6-4-14(16)5-7-19)8-13-2-3-15-10-18-20-17(15)9-13/h2-3,9-10,14,16H,1,4-8,11H2. The molecule has 2 bridgehead atoms. The van der Waals surface area contributed by atoms with Crippen LogP contribution in [0.2, 0.25) is 0 Å². The number of benzene rings is 1. The molecule has 0 spiro atoms. The summed E-state index contributed by atoms with van der Waals surface area (Å²) in [6, 6.07) is 6.37. The van der Waals surface area contributed by atoms with Crippen molar-refractivity contribution in [2.75, 3.05) is 19.6 Å². The van der Waals surface area contributed by atoms with Crippen LogP contribution in [-0.2, 0) is 6.42 Å². The molecule has 3 heteroatoms. The Morgan fingerprint density at radius 3 is 2.95 bits per heavy atom.